The predicted molar refractivity (Wildman–Crippen MR) is 66.9 cm³/mol. The lowest BCUT2D eigenvalue weighted by atomic mass is 9.74. The van der Waals surface area contributed by atoms with Crippen molar-refractivity contribution in [3.8, 4) is 5.75 Å². The van der Waals surface area contributed by atoms with Gasteiger partial charge in [0, 0.05) is 11.5 Å². The summed E-state index contributed by atoms with van der Waals surface area (Å²) in [6.07, 6.45) is 3.21. The van der Waals surface area contributed by atoms with Gasteiger partial charge in [0.05, 0.1) is 7.11 Å². The fourth-order valence-electron chi connectivity index (χ4n) is 3.11. The minimum absolute atomic E-state index is 0.157. The van der Waals surface area contributed by atoms with Crippen LogP contribution in [0.25, 0.3) is 0 Å². The third-order valence-corrected chi connectivity index (χ3v) is 4.26. The van der Waals surface area contributed by atoms with Crippen molar-refractivity contribution in [3.63, 3.8) is 0 Å². The van der Waals surface area contributed by atoms with Crippen LogP contribution in [-0.4, -0.2) is 13.2 Å². The second-order valence-electron chi connectivity index (χ2n) is 4.70. The fourth-order valence-corrected chi connectivity index (χ4v) is 3.11. The lowest BCUT2D eigenvalue weighted by molar-refractivity contribution is 0.341. The molecule has 88 valence electrons. The first-order chi connectivity index (χ1) is 7.67. The van der Waals surface area contributed by atoms with E-state index in [9.17, 15) is 0 Å². The molecule has 16 heavy (non-hydrogen) atoms. The highest BCUT2D eigenvalue weighted by atomic mass is 16.5. The summed E-state index contributed by atoms with van der Waals surface area (Å²) < 4.78 is 5.32. The quantitative estimate of drug-likeness (QED) is 0.848. The fraction of sp³-hybridized carbons (Fsp3) is 0.571. The Morgan fingerprint density at radius 3 is 2.62 bits per heavy atom. The molecule has 1 aliphatic carbocycles. The minimum Gasteiger partial charge on any atom is -0.497 e. The topological polar surface area (TPSA) is 35.2 Å². The number of rotatable bonds is 3. The largest absolute Gasteiger partial charge is 0.497 e. The van der Waals surface area contributed by atoms with Gasteiger partial charge in [0.2, 0.25) is 0 Å². The molecular formula is C14H21NO. The van der Waals surface area contributed by atoms with E-state index < -0.39 is 0 Å². The predicted octanol–water partition coefficient (Wildman–Crippen LogP) is 2.64. The molecule has 2 nitrogen and oxygen atoms in total. The number of ether oxygens (including phenoxy) is 1. The van der Waals surface area contributed by atoms with Gasteiger partial charge < -0.3 is 10.5 Å². The Hall–Kier alpha value is -1.02. The van der Waals surface area contributed by atoms with Crippen LogP contribution in [0.3, 0.4) is 0 Å². The van der Waals surface area contributed by atoms with Crippen LogP contribution in [0, 0.1) is 0 Å². The number of fused-ring (bicyclic) bond motifs is 1. The van der Waals surface area contributed by atoms with E-state index >= 15 is 0 Å². The van der Waals surface area contributed by atoms with Crippen LogP contribution in [0.4, 0.5) is 0 Å². The van der Waals surface area contributed by atoms with E-state index in [2.05, 4.69) is 26.0 Å². The molecule has 1 aromatic rings. The number of methoxy groups -OCH3 is 1. The summed E-state index contributed by atoms with van der Waals surface area (Å²) in [7, 11) is 1.72. The molecule has 0 radical (unpaired) electrons. The first-order valence-electron chi connectivity index (χ1n) is 6.11. The minimum atomic E-state index is 0.157. The van der Waals surface area contributed by atoms with E-state index in [-0.39, 0.29) is 11.5 Å². The lowest BCUT2D eigenvalue weighted by Gasteiger charge is -2.32. The van der Waals surface area contributed by atoms with E-state index in [1.165, 1.54) is 11.1 Å². The SMILES string of the molecule is CCC1(CC)c2cc(OC)ccc2CC1N. The first-order valence-corrected chi connectivity index (χ1v) is 6.11. The summed E-state index contributed by atoms with van der Waals surface area (Å²) >= 11 is 0. The summed E-state index contributed by atoms with van der Waals surface area (Å²) in [5.41, 5.74) is 9.30. The normalized spacial score (nSPS) is 21.9. The molecule has 0 saturated carbocycles. The van der Waals surface area contributed by atoms with Crippen molar-refractivity contribution in [3.05, 3.63) is 29.3 Å². The van der Waals surface area contributed by atoms with Crippen LogP contribution < -0.4 is 10.5 Å². The Morgan fingerprint density at radius 2 is 2.06 bits per heavy atom. The van der Waals surface area contributed by atoms with Crippen LogP contribution >= 0.6 is 0 Å². The Bertz CT molecular complexity index is 382. The molecule has 2 rings (SSSR count). The molecule has 0 heterocycles. The molecule has 0 spiro atoms. The van der Waals surface area contributed by atoms with Crippen molar-refractivity contribution in [1.82, 2.24) is 0 Å². The zero-order valence-corrected chi connectivity index (χ0v) is 10.4. The van der Waals surface area contributed by atoms with Crippen molar-refractivity contribution in [2.75, 3.05) is 7.11 Å². The van der Waals surface area contributed by atoms with Crippen molar-refractivity contribution in [2.45, 2.75) is 44.6 Å². The molecule has 2 N–H and O–H groups in total. The summed E-state index contributed by atoms with van der Waals surface area (Å²) in [5, 5.41) is 0. The monoisotopic (exact) mass is 219 g/mol. The number of nitrogens with two attached hydrogens (primary N) is 1. The molecule has 0 aromatic heterocycles. The lowest BCUT2D eigenvalue weighted by Crippen LogP contribution is -2.41. The maximum absolute atomic E-state index is 6.34. The van der Waals surface area contributed by atoms with Gasteiger partial charge in [-0.05, 0) is 42.5 Å². The highest BCUT2D eigenvalue weighted by Crippen LogP contribution is 2.44. The van der Waals surface area contributed by atoms with Crippen molar-refractivity contribution in [2.24, 2.45) is 5.73 Å². The van der Waals surface area contributed by atoms with Crippen LogP contribution in [0.15, 0.2) is 18.2 Å². The third-order valence-electron chi connectivity index (χ3n) is 4.26. The second-order valence-corrected chi connectivity index (χ2v) is 4.70. The summed E-state index contributed by atoms with van der Waals surface area (Å²) in [5.74, 6) is 0.944. The molecule has 0 saturated heterocycles. The molecule has 1 atom stereocenters. The smallest absolute Gasteiger partial charge is 0.119 e. The summed E-state index contributed by atoms with van der Waals surface area (Å²) in [6, 6.07) is 6.63. The van der Waals surface area contributed by atoms with Crippen LogP contribution in [0.5, 0.6) is 5.75 Å². The van der Waals surface area contributed by atoms with Gasteiger partial charge in [0.25, 0.3) is 0 Å². The summed E-state index contributed by atoms with van der Waals surface area (Å²) in [4.78, 5) is 0. The van der Waals surface area contributed by atoms with Gasteiger partial charge in [-0.3, -0.25) is 0 Å². The molecule has 1 unspecified atom stereocenters. The molecular weight excluding hydrogens is 198 g/mol. The molecule has 2 heteroatoms. The number of hydrogen-bond donors (Lipinski definition) is 1. The number of hydrogen-bond acceptors (Lipinski definition) is 2. The van der Waals surface area contributed by atoms with Crippen LogP contribution in [-0.2, 0) is 11.8 Å². The van der Waals surface area contributed by atoms with Gasteiger partial charge >= 0.3 is 0 Å². The maximum atomic E-state index is 6.34. The van der Waals surface area contributed by atoms with E-state index in [1.54, 1.807) is 7.11 Å². The average molecular weight is 219 g/mol. The van der Waals surface area contributed by atoms with Crippen LogP contribution in [0.2, 0.25) is 0 Å². The molecule has 0 amide bonds. The molecule has 0 bridgehead atoms. The standard InChI is InChI=1S/C14H21NO/c1-4-14(5-2)12-9-11(16-3)7-6-10(12)8-13(14)15/h6-7,9,13H,4-5,8,15H2,1-3H3. The van der Waals surface area contributed by atoms with Crippen molar-refractivity contribution >= 4 is 0 Å². The van der Waals surface area contributed by atoms with Crippen LogP contribution in [0.1, 0.15) is 37.8 Å². The molecule has 1 aliphatic rings. The van der Waals surface area contributed by atoms with Gasteiger partial charge in [-0.25, -0.2) is 0 Å². The van der Waals surface area contributed by atoms with Gasteiger partial charge in [-0.15, -0.1) is 0 Å². The van der Waals surface area contributed by atoms with E-state index in [4.69, 9.17) is 10.5 Å². The molecule has 0 aliphatic heterocycles. The number of benzene rings is 1. The third kappa shape index (κ3) is 1.44. The van der Waals surface area contributed by atoms with Gasteiger partial charge in [-0.2, -0.15) is 0 Å². The Labute approximate surface area is 97.8 Å². The highest BCUT2D eigenvalue weighted by Gasteiger charge is 2.42. The second kappa shape index (κ2) is 4.10. The van der Waals surface area contributed by atoms with E-state index in [0.717, 1.165) is 25.0 Å². The van der Waals surface area contributed by atoms with Gasteiger partial charge in [-0.1, -0.05) is 19.9 Å². The van der Waals surface area contributed by atoms with Gasteiger partial charge in [0.15, 0.2) is 0 Å². The molecule has 0 fully saturated rings. The first kappa shape index (κ1) is 11.5. The highest BCUT2D eigenvalue weighted by molar-refractivity contribution is 5.46. The zero-order chi connectivity index (χ0) is 11.8. The Balaban J connectivity index is 2.53. The Morgan fingerprint density at radius 1 is 1.38 bits per heavy atom. The average Bonchev–Trinajstić information content (AvgIpc) is 2.60. The Kier molecular flexibility index (Phi) is 2.94. The van der Waals surface area contributed by atoms with Crippen molar-refractivity contribution in [1.29, 1.82) is 0 Å². The summed E-state index contributed by atoms with van der Waals surface area (Å²) in [6.45, 7) is 4.47. The zero-order valence-electron chi connectivity index (χ0n) is 10.4. The molecule has 1 aromatic carbocycles. The van der Waals surface area contributed by atoms with E-state index in [0.29, 0.717) is 0 Å². The maximum Gasteiger partial charge on any atom is 0.119 e. The van der Waals surface area contributed by atoms with Crippen molar-refractivity contribution < 1.29 is 4.74 Å². The van der Waals surface area contributed by atoms with Gasteiger partial charge in [0.1, 0.15) is 5.75 Å². The van der Waals surface area contributed by atoms with E-state index in [1.807, 2.05) is 6.07 Å².